The van der Waals surface area contributed by atoms with Gasteiger partial charge in [-0.1, -0.05) is 0 Å². The molecule has 1 nitrogen and oxygen atoms in total. The summed E-state index contributed by atoms with van der Waals surface area (Å²) in [5.41, 5.74) is 5.22. The molecule has 0 aromatic heterocycles. The molecule has 0 amide bonds. The second-order valence-corrected chi connectivity index (χ2v) is 0.744. The number of nitrogens with two attached hydrogens (primary N) is 1. The van der Waals surface area contributed by atoms with E-state index in [2.05, 4.69) is 0 Å². The van der Waals surface area contributed by atoms with Crippen LogP contribution in [0.4, 0.5) is 0 Å². The maximum atomic E-state index is 4.81. The zero-order valence-corrected chi connectivity index (χ0v) is 2.65. The summed E-state index contributed by atoms with van der Waals surface area (Å²) < 4.78 is 0. The van der Waals surface area contributed by atoms with E-state index in [0.717, 1.165) is 0 Å². The third kappa shape index (κ3) is 0.971. The quantitative estimate of drug-likeness (QED) is 0.396. The predicted molar refractivity (Wildman–Crippen MR) is 17.7 cm³/mol. The molecular weight excluding hydrogens is 50.0 g/mol. The maximum absolute atomic E-state index is 4.81. The third-order valence-corrected chi connectivity index (χ3v) is 0. The molecule has 0 spiro atoms. The molecular formula is C3H6N+. The molecule has 0 radical (unpaired) electrons. The molecule has 0 aromatic rings. The minimum absolute atomic E-state index is 0.417. The summed E-state index contributed by atoms with van der Waals surface area (Å²) in [6, 6.07) is 0. The van der Waals surface area contributed by atoms with Gasteiger partial charge < -0.3 is 5.73 Å². The second kappa shape index (κ2) is 0.858. The Morgan fingerprint density at radius 3 is 2.00 bits per heavy atom. The Hall–Kier alpha value is -0.550. The van der Waals surface area contributed by atoms with E-state index >= 15 is 0 Å². The number of hydrogen-bond acceptors (Lipinski definition) is 1. The van der Waals surface area contributed by atoms with E-state index in [0.29, 0.717) is 5.70 Å². The summed E-state index contributed by atoms with van der Waals surface area (Å²) in [7, 11) is 0. The summed E-state index contributed by atoms with van der Waals surface area (Å²) in [5, 5.41) is 0. The highest BCUT2D eigenvalue weighted by Crippen LogP contribution is 1.58. The van der Waals surface area contributed by atoms with Crippen LogP contribution in [-0.4, -0.2) is 0 Å². The highest BCUT2D eigenvalue weighted by Gasteiger charge is 1.68. The molecule has 4 heavy (non-hydrogen) atoms. The molecule has 0 bridgehead atoms. The third-order valence-electron chi connectivity index (χ3n) is 0. The number of rotatable bonds is 0. The summed E-state index contributed by atoms with van der Waals surface area (Å²) in [6.07, 6.45) is 0. The summed E-state index contributed by atoms with van der Waals surface area (Å²) in [5.74, 6) is 0. The zero-order valence-electron chi connectivity index (χ0n) is 2.65. The minimum Gasteiger partial charge on any atom is -0.360 e. The molecule has 0 saturated heterocycles. The van der Waals surface area contributed by atoms with Gasteiger partial charge in [-0.3, -0.25) is 0 Å². The van der Waals surface area contributed by atoms with Crippen molar-refractivity contribution in [2.75, 3.05) is 0 Å². The van der Waals surface area contributed by atoms with E-state index in [1.54, 1.807) is 6.92 Å². The fourth-order valence-corrected chi connectivity index (χ4v) is 0. The summed E-state index contributed by atoms with van der Waals surface area (Å²) >= 11 is 0. The van der Waals surface area contributed by atoms with Gasteiger partial charge in [0.15, 0.2) is 0 Å². The van der Waals surface area contributed by atoms with Crippen LogP contribution >= 0.6 is 0 Å². The maximum Gasteiger partial charge on any atom is 0.245 e. The smallest absolute Gasteiger partial charge is 0.245 e. The Balaban J connectivity index is 2.80. The molecule has 22 valence electrons. The van der Waals surface area contributed by atoms with Crippen LogP contribution in [0, 0.1) is 6.58 Å². The topological polar surface area (TPSA) is 26.0 Å². The average Bonchev–Trinajstić information content (AvgIpc) is 0.811. The normalized spacial score (nSPS) is 6.00. The standard InChI is InChI=1S/C3H6N/c1-3(2)4/h1H,4H2,2H3/q+1. The van der Waals surface area contributed by atoms with Crippen LogP contribution in [0.3, 0.4) is 0 Å². The Kier molecular flexibility index (Phi) is 0.740. The van der Waals surface area contributed by atoms with Crippen molar-refractivity contribution in [1.82, 2.24) is 0 Å². The van der Waals surface area contributed by atoms with Gasteiger partial charge in [-0.2, -0.15) is 0 Å². The lowest BCUT2D eigenvalue weighted by molar-refractivity contribution is 1.33. The van der Waals surface area contributed by atoms with Crippen LogP contribution in [0.15, 0.2) is 5.70 Å². The molecule has 0 saturated carbocycles. The molecule has 0 heterocycles. The van der Waals surface area contributed by atoms with Crippen molar-refractivity contribution in [2.45, 2.75) is 6.92 Å². The molecule has 0 aliphatic rings. The second-order valence-electron chi connectivity index (χ2n) is 0.744. The molecule has 0 aliphatic heterocycles. The average molecular weight is 56.1 g/mol. The van der Waals surface area contributed by atoms with Crippen LogP contribution in [0.25, 0.3) is 0 Å². The van der Waals surface area contributed by atoms with E-state index < -0.39 is 0 Å². The van der Waals surface area contributed by atoms with Gasteiger partial charge in [0.2, 0.25) is 12.3 Å². The van der Waals surface area contributed by atoms with Gasteiger partial charge in [0.1, 0.15) is 0 Å². The van der Waals surface area contributed by atoms with Gasteiger partial charge >= 0.3 is 0 Å². The Labute approximate surface area is 26.1 Å². The van der Waals surface area contributed by atoms with Crippen molar-refractivity contribution in [1.29, 1.82) is 0 Å². The fraction of sp³-hybridized carbons (Fsp3) is 0.333. The first-order valence-electron chi connectivity index (χ1n) is 1.08. The van der Waals surface area contributed by atoms with Gasteiger partial charge in [0.05, 0.1) is 0 Å². The fourth-order valence-electron chi connectivity index (χ4n) is 0. The first-order valence-corrected chi connectivity index (χ1v) is 1.08. The van der Waals surface area contributed by atoms with Crippen molar-refractivity contribution in [3.05, 3.63) is 12.3 Å². The zero-order chi connectivity index (χ0) is 3.58. The largest absolute Gasteiger partial charge is 0.360 e. The van der Waals surface area contributed by atoms with Crippen molar-refractivity contribution in [3.8, 4) is 0 Å². The van der Waals surface area contributed by atoms with Crippen molar-refractivity contribution in [3.63, 3.8) is 0 Å². The van der Waals surface area contributed by atoms with Gasteiger partial charge in [0, 0.05) is 6.92 Å². The molecule has 0 unspecified atom stereocenters. The van der Waals surface area contributed by atoms with Crippen LogP contribution < -0.4 is 5.73 Å². The summed E-state index contributed by atoms with van der Waals surface area (Å²) in [6.45, 7) is 6.44. The SMILES string of the molecule is [CH+]=C(C)N. The van der Waals surface area contributed by atoms with Crippen molar-refractivity contribution >= 4 is 0 Å². The van der Waals surface area contributed by atoms with Crippen LogP contribution in [-0.2, 0) is 0 Å². The molecule has 0 aliphatic carbocycles. The van der Waals surface area contributed by atoms with E-state index in [1.807, 2.05) is 0 Å². The molecule has 0 atom stereocenters. The van der Waals surface area contributed by atoms with Gasteiger partial charge in [-0.25, -0.2) is 0 Å². The van der Waals surface area contributed by atoms with E-state index in [1.165, 1.54) is 0 Å². The van der Waals surface area contributed by atoms with E-state index in [9.17, 15) is 0 Å². The van der Waals surface area contributed by atoms with E-state index in [4.69, 9.17) is 12.3 Å². The number of allylic oxidation sites excluding steroid dienone is 1. The lowest BCUT2D eigenvalue weighted by Crippen LogP contribution is -1.83. The van der Waals surface area contributed by atoms with Crippen LogP contribution in [0.1, 0.15) is 6.92 Å². The summed E-state index contributed by atoms with van der Waals surface area (Å²) in [4.78, 5) is 0. The first kappa shape index (κ1) is 3.45. The van der Waals surface area contributed by atoms with Crippen LogP contribution in [0.5, 0.6) is 0 Å². The molecule has 0 fully saturated rings. The van der Waals surface area contributed by atoms with Crippen molar-refractivity contribution in [2.24, 2.45) is 5.73 Å². The monoisotopic (exact) mass is 56.0 g/mol. The Bertz CT molecular complexity index is 26.3. The highest BCUT2D eigenvalue weighted by atomic mass is 14.5. The molecule has 1 heteroatoms. The molecule has 0 rings (SSSR count). The lowest BCUT2D eigenvalue weighted by Gasteiger charge is -1.53. The van der Waals surface area contributed by atoms with Crippen LogP contribution in [0.2, 0.25) is 0 Å². The van der Waals surface area contributed by atoms with Gasteiger partial charge in [-0.15, -0.1) is 0 Å². The minimum atomic E-state index is 0.417. The Morgan fingerprint density at radius 2 is 2.00 bits per heavy atom. The Morgan fingerprint density at radius 1 is 2.00 bits per heavy atom. The highest BCUT2D eigenvalue weighted by molar-refractivity contribution is 4.71. The van der Waals surface area contributed by atoms with Gasteiger partial charge in [-0.05, 0) is 0 Å². The van der Waals surface area contributed by atoms with Crippen molar-refractivity contribution < 1.29 is 0 Å². The van der Waals surface area contributed by atoms with E-state index in [-0.39, 0.29) is 0 Å². The first-order chi connectivity index (χ1) is 1.73. The van der Waals surface area contributed by atoms with Gasteiger partial charge in [0.25, 0.3) is 0 Å². The lowest BCUT2D eigenvalue weighted by atomic mass is 10.6. The predicted octanol–water partition coefficient (Wildman–Crippen LogP) is 0.282. The molecule has 2 N–H and O–H groups in total. The molecule has 0 aromatic carbocycles. The number of hydrogen-bond donors (Lipinski definition) is 1.